The molecule has 2 heterocycles. The van der Waals surface area contributed by atoms with Gasteiger partial charge in [-0.1, -0.05) is 12.1 Å². The van der Waals surface area contributed by atoms with Gasteiger partial charge in [0.1, 0.15) is 22.8 Å². The van der Waals surface area contributed by atoms with Crippen molar-refractivity contribution < 1.29 is 33.5 Å². The summed E-state index contributed by atoms with van der Waals surface area (Å²) in [5.41, 5.74) is 2.82. The van der Waals surface area contributed by atoms with Crippen molar-refractivity contribution >= 4 is 28.8 Å². The van der Waals surface area contributed by atoms with Gasteiger partial charge in [-0.05, 0) is 54.8 Å². The van der Waals surface area contributed by atoms with E-state index < -0.39 is 17.8 Å². The summed E-state index contributed by atoms with van der Waals surface area (Å²) in [7, 11) is 0. The fourth-order valence-electron chi connectivity index (χ4n) is 4.25. The Morgan fingerprint density at radius 2 is 1.68 bits per heavy atom. The predicted molar refractivity (Wildman–Crippen MR) is 133 cm³/mol. The molecule has 1 fully saturated rings. The number of carbonyl (C=O) groups is 3. The Bertz CT molecular complexity index is 1510. The number of hydroxylamine groups is 2. The molecule has 37 heavy (non-hydrogen) atoms. The molecule has 0 aromatic heterocycles. The average Bonchev–Trinajstić information content (AvgIpc) is 3.19. The average molecular weight is 501 g/mol. The lowest BCUT2D eigenvalue weighted by Gasteiger charge is -2.15. The van der Waals surface area contributed by atoms with Gasteiger partial charge in [-0.15, -0.1) is 5.06 Å². The molecule has 9 heteroatoms. The first-order valence-corrected chi connectivity index (χ1v) is 11.9. The van der Waals surface area contributed by atoms with Crippen LogP contribution in [-0.4, -0.2) is 34.6 Å². The maximum atomic E-state index is 11.9. The number of imide groups is 1. The van der Waals surface area contributed by atoms with E-state index in [2.05, 4.69) is 0 Å². The minimum Gasteiger partial charge on any atom is -0.508 e. The quantitative estimate of drug-likeness (QED) is 0.214. The minimum absolute atomic E-state index is 0.0647. The number of carbonyl (C=O) groups excluding carboxylic acids is 3. The maximum absolute atomic E-state index is 11.9. The Hall–Kier alpha value is -4.66. The molecule has 1 aliphatic carbocycles. The van der Waals surface area contributed by atoms with Crippen LogP contribution < -0.4 is 10.2 Å². The predicted octanol–water partition coefficient (Wildman–Crippen LogP) is 4.43. The summed E-state index contributed by atoms with van der Waals surface area (Å²) in [5, 5.41) is 11.2. The van der Waals surface area contributed by atoms with Crippen LogP contribution in [0.15, 0.2) is 69.9 Å². The van der Waals surface area contributed by atoms with Crippen LogP contribution in [0.2, 0.25) is 0 Å². The first kappa shape index (κ1) is 24.1. The molecule has 188 valence electrons. The van der Waals surface area contributed by atoms with Gasteiger partial charge in [0.15, 0.2) is 5.43 Å². The Morgan fingerprint density at radius 3 is 2.43 bits per heavy atom. The van der Waals surface area contributed by atoms with E-state index in [-0.39, 0.29) is 30.4 Å². The lowest BCUT2D eigenvalue weighted by Crippen LogP contribution is -2.31. The van der Waals surface area contributed by atoms with E-state index in [1.807, 2.05) is 24.3 Å². The maximum Gasteiger partial charge on any atom is 0.333 e. The first-order valence-electron chi connectivity index (χ1n) is 11.9. The highest BCUT2D eigenvalue weighted by Crippen LogP contribution is 2.40. The molecule has 0 bridgehead atoms. The van der Waals surface area contributed by atoms with Crippen molar-refractivity contribution in [3.05, 3.63) is 70.9 Å². The van der Waals surface area contributed by atoms with Gasteiger partial charge in [0.25, 0.3) is 11.8 Å². The van der Waals surface area contributed by atoms with Gasteiger partial charge in [-0.3, -0.25) is 14.4 Å². The van der Waals surface area contributed by atoms with Crippen molar-refractivity contribution in [2.75, 3.05) is 6.61 Å². The zero-order valence-electron chi connectivity index (χ0n) is 19.8. The highest BCUT2D eigenvalue weighted by atomic mass is 16.7. The molecule has 0 saturated carbocycles. The van der Waals surface area contributed by atoms with Crippen molar-refractivity contribution in [1.82, 2.24) is 5.06 Å². The summed E-state index contributed by atoms with van der Waals surface area (Å²) >= 11 is 0. The van der Waals surface area contributed by atoms with Gasteiger partial charge in [0, 0.05) is 47.9 Å². The molecule has 3 aliphatic rings. The smallest absolute Gasteiger partial charge is 0.333 e. The van der Waals surface area contributed by atoms with E-state index in [9.17, 15) is 24.3 Å². The number of aromatic hydroxyl groups is 1. The first-order chi connectivity index (χ1) is 17.9. The summed E-state index contributed by atoms with van der Waals surface area (Å²) in [4.78, 5) is 51.6. The number of benzene rings is 3. The third kappa shape index (κ3) is 5.16. The molecule has 0 atom stereocenters. The topological polar surface area (TPSA) is 123 Å². The van der Waals surface area contributed by atoms with Gasteiger partial charge in [0.2, 0.25) is 0 Å². The molecule has 5 rings (SSSR count). The van der Waals surface area contributed by atoms with Crippen LogP contribution >= 0.6 is 0 Å². The minimum atomic E-state index is -0.626. The number of ether oxygens (including phenoxy) is 1. The number of hydrogen-bond acceptors (Lipinski definition) is 8. The highest BCUT2D eigenvalue weighted by molar-refractivity contribution is 6.02. The number of amides is 2. The molecule has 1 saturated heterocycles. The van der Waals surface area contributed by atoms with Crippen LogP contribution in [-0.2, 0) is 19.2 Å². The second-order valence-electron chi connectivity index (χ2n) is 8.69. The molecular weight excluding hydrogens is 478 g/mol. The zero-order chi connectivity index (χ0) is 25.9. The van der Waals surface area contributed by atoms with Crippen LogP contribution in [0.25, 0.3) is 33.4 Å². The van der Waals surface area contributed by atoms with Gasteiger partial charge < -0.3 is 19.1 Å². The fraction of sp³-hybridized carbons (Fsp3) is 0.214. The molecule has 2 amide bonds. The number of hydrogen-bond donors (Lipinski definition) is 1. The van der Waals surface area contributed by atoms with Crippen LogP contribution in [0.3, 0.4) is 0 Å². The molecule has 2 aromatic carbocycles. The summed E-state index contributed by atoms with van der Waals surface area (Å²) in [6.07, 6.45) is 1.26. The summed E-state index contributed by atoms with van der Waals surface area (Å²) in [6, 6.07) is 17.0. The molecule has 0 unspecified atom stereocenters. The molecule has 9 nitrogen and oxygen atoms in total. The summed E-state index contributed by atoms with van der Waals surface area (Å²) in [6.45, 7) is 0.371. The lowest BCUT2D eigenvalue weighted by molar-refractivity contribution is -0.197. The van der Waals surface area contributed by atoms with Gasteiger partial charge in [-0.25, -0.2) is 4.79 Å². The fourth-order valence-corrected chi connectivity index (χ4v) is 4.25. The Labute approximate surface area is 211 Å². The number of phenols is 1. The summed E-state index contributed by atoms with van der Waals surface area (Å²) in [5.74, 6) is -0.478. The zero-order valence-corrected chi connectivity index (χ0v) is 19.8. The van der Waals surface area contributed by atoms with E-state index >= 15 is 0 Å². The van der Waals surface area contributed by atoms with Crippen LogP contribution in [0.1, 0.15) is 32.1 Å². The van der Waals surface area contributed by atoms with Gasteiger partial charge in [0.05, 0.1) is 6.61 Å². The van der Waals surface area contributed by atoms with E-state index in [1.54, 1.807) is 18.2 Å². The van der Waals surface area contributed by atoms with E-state index in [0.717, 1.165) is 22.1 Å². The van der Waals surface area contributed by atoms with Crippen molar-refractivity contribution in [3.8, 4) is 33.9 Å². The van der Waals surface area contributed by atoms with Crippen molar-refractivity contribution in [3.63, 3.8) is 0 Å². The molecule has 1 N–H and O–H groups in total. The second-order valence-corrected chi connectivity index (χ2v) is 8.69. The number of nitrogens with zero attached hydrogens (tertiary/aromatic N) is 1. The van der Waals surface area contributed by atoms with Crippen molar-refractivity contribution in [2.45, 2.75) is 32.1 Å². The number of phenolic OH excluding ortho intramolecular Hbond substituents is 1. The largest absolute Gasteiger partial charge is 0.508 e. The third-order valence-electron chi connectivity index (χ3n) is 6.06. The Balaban J connectivity index is 1.22. The second kappa shape index (κ2) is 10.1. The molecule has 2 aromatic rings. The van der Waals surface area contributed by atoms with E-state index in [0.29, 0.717) is 41.6 Å². The third-order valence-corrected chi connectivity index (χ3v) is 6.06. The Morgan fingerprint density at radius 1 is 0.919 bits per heavy atom. The Kier molecular flexibility index (Phi) is 6.59. The normalized spacial score (nSPS) is 13.5. The van der Waals surface area contributed by atoms with Gasteiger partial charge >= 0.3 is 5.97 Å². The van der Waals surface area contributed by atoms with Crippen molar-refractivity contribution in [2.24, 2.45) is 0 Å². The van der Waals surface area contributed by atoms with Crippen LogP contribution in [0.4, 0.5) is 0 Å². The monoisotopic (exact) mass is 501 g/mol. The molecule has 0 radical (unpaired) electrons. The van der Waals surface area contributed by atoms with Crippen molar-refractivity contribution in [1.29, 1.82) is 0 Å². The molecular formula is C28H23NO8. The SMILES string of the molecule is O=C(CCCCOc1ccc(-c2c3ccc(=O)cc-3oc3cc(O)ccc23)cc1)ON1C(=O)CCC1=O. The van der Waals surface area contributed by atoms with Crippen LogP contribution in [0.5, 0.6) is 11.5 Å². The number of unbranched alkanes of at least 4 members (excludes halogenated alkanes) is 1. The molecule has 0 spiro atoms. The summed E-state index contributed by atoms with van der Waals surface area (Å²) < 4.78 is 11.7. The number of fused-ring (bicyclic) bond motifs is 2. The van der Waals surface area contributed by atoms with E-state index in [4.69, 9.17) is 14.0 Å². The lowest BCUT2D eigenvalue weighted by atomic mass is 9.93. The highest BCUT2D eigenvalue weighted by Gasteiger charge is 2.32. The number of rotatable bonds is 8. The molecule has 2 aliphatic heterocycles. The van der Waals surface area contributed by atoms with E-state index in [1.165, 1.54) is 18.2 Å². The van der Waals surface area contributed by atoms with Gasteiger partial charge in [-0.2, -0.15) is 0 Å². The van der Waals surface area contributed by atoms with Crippen LogP contribution in [0, 0.1) is 0 Å². The standard InChI is InChI=1S/C28H23NO8/c30-18-6-10-21-23(15-18)36-24-16-19(31)7-11-22(24)28(21)17-4-8-20(9-5-17)35-14-2-1-3-27(34)37-29-25(32)12-13-26(29)33/h4-11,15-16,30H,1-3,12-14H2.